The van der Waals surface area contributed by atoms with E-state index in [0.29, 0.717) is 17.1 Å². The van der Waals surface area contributed by atoms with E-state index in [0.717, 1.165) is 12.1 Å². The molecule has 1 N–H and O–H groups in total. The Morgan fingerprint density at radius 1 is 1.10 bits per heavy atom. The van der Waals surface area contributed by atoms with E-state index in [1.807, 2.05) is 0 Å². The summed E-state index contributed by atoms with van der Waals surface area (Å²) in [6.07, 6.45) is 0. The molecule has 0 bridgehead atoms. The fraction of sp³-hybridized carbons (Fsp3) is 0.300. The van der Waals surface area contributed by atoms with E-state index in [9.17, 15) is 19.7 Å². The molecule has 0 aliphatic rings. The number of amides is 1. The molecule has 154 valence electrons. The second kappa shape index (κ2) is 9.54. The molecule has 0 fully saturated rings. The van der Waals surface area contributed by atoms with Crippen LogP contribution in [0.25, 0.3) is 0 Å². The van der Waals surface area contributed by atoms with Crippen LogP contribution in [0, 0.1) is 10.1 Å². The second-order valence-corrected chi connectivity index (χ2v) is 6.05. The number of carbonyl (C=O) groups excluding carboxylic acids is 2. The minimum Gasteiger partial charge on any atom is -0.497 e. The molecule has 0 saturated carbocycles. The van der Waals surface area contributed by atoms with Gasteiger partial charge >= 0.3 is 5.97 Å². The van der Waals surface area contributed by atoms with Gasteiger partial charge in [0.25, 0.3) is 11.6 Å². The Kier molecular flexibility index (Phi) is 7.13. The van der Waals surface area contributed by atoms with E-state index in [1.165, 1.54) is 20.3 Å². The van der Waals surface area contributed by atoms with Gasteiger partial charge < -0.3 is 19.5 Å². The molecule has 0 saturated heterocycles. The Hall–Kier alpha value is -3.62. The Balaban J connectivity index is 2.34. The SMILES string of the molecule is CCOC(=O)c1cc(C(=O)N[C@@H](C)c2cc(OC)ccc2OC)cc([N+](=O)[O-])c1. The number of nitro groups is 1. The van der Waals surface area contributed by atoms with E-state index < -0.39 is 22.8 Å². The van der Waals surface area contributed by atoms with Gasteiger partial charge in [0.2, 0.25) is 0 Å². The summed E-state index contributed by atoms with van der Waals surface area (Å²) in [5.74, 6) is -0.198. The fourth-order valence-corrected chi connectivity index (χ4v) is 2.72. The van der Waals surface area contributed by atoms with Crippen molar-refractivity contribution >= 4 is 17.6 Å². The van der Waals surface area contributed by atoms with Crippen LogP contribution in [0.4, 0.5) is 5.69 Å². The Labute approximate surface area is 167 Å². The highest BCUT2D eigenvalue weighted by atomic mass is 16.6. The first-order valence-corrected chi connectivity index (χ1v) is 8.80. The van der Waals surface area contributed by atoms with Gasteiger partial charge in [-0.05, 0) is 38.1 Å². The highest BCUT2D eigenvalue weighted by Crippen LogP contribution is 2.29. The number of non-ortho nitro benzene ring substituents is 1. The first-order valence-electron chi connectivity index (χ1n) is 8.80. The largest absolute Gasteiger partial charge is 0.497 e. The molecule has 0 heterocycles. The number of carbonyl (C=O) groups is 2. The maximum atomic E-state index is 12.7. The number of nitrogens with zero attached hydrogens (tertiary/aromatic N) is 1. The summed E-state index contributed by atoms with van der Waals surface area (Å²) in [6.45, 7) is 3.46. The Morgan fingerprint density at radius 3 is 2.38 bits per heavy atom. The minimum atomic E-state index is -0.743. The summed E-state index contributed by atoms with van der Waals surface area (Å²) in [5.41, 5.74) is 0.178. The van der Waals surface area contributed by atoms with Gasteiger partial charge in [-0.15, -0.1) is 0 Å². The van der Waals surface area contributed by atoms with Gasteiger partial charge in [-0.2, -0.15) is 0 Å². The van der Waals surface area contributed by atoms with Crippen molar-refractivity contribution in [2.75, 3.05) is 20.8 Å². The third-order valence-electron chi connectivity index (χ3n) is 4.15. The topological polar surface area (TPSA) is 117 Å². The molecule has 0 spiro atoms. The molecule has 0 aliphatic heterocycles. The highest BCUT2D eigenvalue weighted by molar-refractivity contribution is 5.99. The molecule has 1 atom stereocenters. The molecule has 1 amide bonds. The molecule has 0 aromatic heterocycles. The number of nitro benzene ring substituents is 1. The minimum absolute atomic E-state index is 0.0315. The monoisotopic (exact) mass is 402 g/mol. The van der Waals surface area contributed by atoms with Crippen molar-refractivity contribution in [2.24, 2.45) is 0 Å². The zero-order valence-corrected chi connectivity index (χ0v) is 16.6. The van der Waals surface area contributed by atoms with Gasteiger partial charge in [-0.3, -0.25) is 14.9 Å². The highest BCUT2D eigenvalue weighted by Gasteiger charge is 2.21. The lowest BCUT2D eigenvalue weighted by Gasteiger charge is -2.18. The van der Waals surface area contributed by atoms with Crippen LogP contribution in [0.15, 0.2) is 36.4 Å². The molecule has 2 rings (SSSR count). The molecular formula is C20H22N2O7. The molecule has 2 aromatic rings. The van der Waals surface area contributed by atoms with E-state index >= 15 is 0 Å². The van der Waals surface area contributed by atoms with Crippen molar-refractivity contribution < 1.29 is 28.7 Å². The smallest absolute Gasteiger partial charge is 0.338 e. The van der Waals surface area contributed by atoms with Crippen molar-refractivity contribution in [1.82, 2.24) is 5.32 Å². The number of benzene rings is 2. The summed E-state index contributed by atoms with van der Waals surface area (Å²) in [6, 6.07) is 8.10. The number of methoxy groups -OCH3 is 2. The number of esters is 1. The summed E-state index contributed by atoms with van der Waals surface area (Å²) in [7, 11) is 3.03. The van der Waals surface area contributed by atoms with Crippen LogP contribution in [0.2, 0.25) is 0 Å². The number of hydrogen-bond acceptors (Lipinski definition) is 7. The first-order chi connectivity index (χ1) is 13.8. The number of ether oxygens (including phenoxy) is 3. The number of nitrogens with one attached hydrogen (secondary N) is 1. The van der Waals surface area contributed by atoms with Crippen LogP contribution >= 0.6 is 0 Å². The van der Waals surface area contributed by atoms with Crippen molar-refractivity contribution in [1.29, 1.82) is 0 Å². The number of rotatable bonds is 8. The zero-order valence-electron chi connectivity index (χ0n) is 16.6. The molecule has 0 aliphatic carbocycles. The van der Waals surface area contributed by atoms with Crippen LogP contribution in [0.3, 0.4) is 0 Å². The summed E-state index contributed by atoms with van der Waals surface area (Å²) in [4.78, 5) is 35.2. The van der Waals surface area contributed by atoms with E-state index in [4.69, 9.17) is 14.2 Å². The lowest BCUT2D eigenvalue weighted by atomic mass is 10.0. The lowest BCUT2D eigenvalue weighted by molar-refractivity contribution is -0.384. The van der Waals surface area contributed by atoms with E-state index in [-0.39, 0.29) is 23.4 Å². The maximum absolute atomic E-state index is 12.7. The molecule has 0 radical (unpaired) electrons. The predicted molar refractivity (Wildman–Crippen MR) is 104 cm³/mol. The van der Waals surface area contributed by atoms with Crippen LogP contribution in [0.1, 0.15) is 46.2 Å². The van der Waals surface area contributed by atoms with Gasteiger partial charge in [0.05, 0.1) is 37.4 Å². The van der Waals surface area contributed by atoms with Gasteiger partial charge in [-0.25, -0.2) is 4.79 Å². The van der Waals surface area contributed by atoms with Crippen molar-refractivity contribution in [3.8, 4) is 11.5 Å². The molecule has 0 unspecified atom stereocenters. The van der Waals surface area contributed by atoms with E-state index in [1.54, 1.807) is 32.0 Å². The normalized spacial score (nSPS) is 11.3. The van der Waals surface area contributed by atoms with Crippen LogP contribution in [-0.4, -0.2) is 37.6 Å². The van der Waals surface area contributed by atoms with Crippen molar-refractivity contribution in [3.63, 3.8) is 0 Å². The van der Waals surface area contributed by atoms with Gasteiger partial charge in [-0.1, -0.05) is 0 Å². The predicted octanol–water partition coefficient (Wildman–Crippen LogP) is 3.28. The zero-order chi connectivity index (χ0) is 21.6. The van der Waals surface area contributed by atoms with Crippen LogP contribution in [0.5, 0.6) is 11.5 Å². The molecular weight excluding hydrogens is 380 g/mol. The number of hydrogen-bond donors (Lipinski definition) is 1. The van der Waals surface area contributed by atoms with Crippen LogP contribution < -0.4 is 14.8 Å². The summed E-state index contributed by atoms with van der Waals surface area (Å²) in [5, 5.41) is 14.0. The average Bonchev–Trinajstić information content (AvgIpc) is 2.72. The van der Waals surface area contributed by atoms with Gasteiger partial charge in [0.15, 0.2) is 0 Å². The second-order valence-electron chi connectivity index (χ2n) is 6.05. The molecule has 9 heteroatoms. The first kappa shape index (κ1) is 21.7. The van der Waals surface area contributed by atoms with Gasteiger partial charge in [0.1, 0.15) is 11.5 Å². The maximum Gasteiger partial charge on any atom is 0.338 e. The standard InChI is InChI=1S/C20H22N2O7/c1-5-29-20(24)14-8-13(9-15(10-14)22(25)26)19(23)21-12(2)17-11-16(27-3)6-7-18(17)28-4/h6-12H,5H2,1-4H3,(H,21,23)/t12-/m0/s1. The average molecular weight is 402 g/mol. The van der Waals surface area contributed by atoms with E-state index in [2.05, 4.69) is 5.32 Å². The van der Waals surface area contributed by atoms with Crippen molar-refractivity contribution in [3.05, 3.63) is 63.2 Å². The third kappa shape index (κ3) is 5.22. The Morgan fingerprint density at radius 2 is 1.79 bits per heavy atom. The van der Waals surface area contributed by atoms with Gasteiger partial charge in [0, 0.05) is 23.3 Å². The summed E-state index contributed by atoms with van der Waals surface area (Å²) >= 11 is 0. The molecule has 9 nitrogen and oxygen atoms in total. The Bertz CT molecular complexity index is 927. The summed E-state index contributed by atoms with van der Waals surface area (Å²) < 4.78 is 15.4. The van der Waals surface area contributed by atoms with Crippen LogP contribution in [-0.2, 0) is 4.74 Å². The quantitative estimate of drug-likeness (QED) is 0.409. The fourth-order valence-electron chi connectivity index (χ4n) is 2.72. The van der Waals surface area contributed by atoms with Crippen molar-refractivity contribution in [2.45, 2.75) is 19.9 Å². The third-order valence-corrected chi connectivity index (χ3v) is 4.15. The lowest BCUT2D eigenvalue weighted by Crippen LogP contribution is -2.27. The molecule has 2 aromatic carbocycles. The molecule has 29 heavy (non-hydrogen) atoms.